The van der Waals surface area contributed by atoms with Gasteiger partial charge in [0, 0.05) is 24.7 Å². The van der Waals surface area contributed by atoms with E-state index in [4.69, 9.17) is 5.11 Å². The Kier molecular flexibility index (Phi) is 4.37. The molecule has 0 atom stereocenters. The van der Waals surface area contributed by atoms with Gasteiger partial charge in [-0.05, 0) is 13.0 Å². The van der Waals surface area contributed by atoms with Crippen LogP contribution in [-0.2, 0) is 13.1 Å². The molecule has 0 aromatic carbocycles. The molecular formula is C10H13N5O2S. The van der Waals surface area contributed by atoms with E-state index in [1.54, 1.807) is 16.3 Å². The van der Waals surface area contributed by atoms with E-state index >= 15 is 0 Å². The Hall–Kier alpha value is -1.80. The lowest BCUT2D eigenvalue weighted by atomic mass is 10.4. The third kappa shape index (κ3) is 3.60. The summed E-state index contributed by atoms with van der Waals surface area (Å²) in [5, 5.41) is 21.4. The van der Waals surface area contributed by atoms with Crippen LogP contribution in [-0.4, -0.2) is 37.6 Å². The molecule has 0 aliphatic carbocycles. The van der Waals surface area contributed by atoms with E-state index in [9.17, 15) is 4.79 Å². The van der Waals surface area contributed by atoms with E-state index in [-0.39, 0.29) is 5.01 Å². The van der Waals surface area contributed by atoms with Crippen LogP contribution in [0.1, 0.15) is 21.9 Å². The van der Waals surface area contributed by atoms with Crippen molar-refractivity contribution in [3.05, 3.63) is 28.5 Å². The predicted octanol–water partition coefficient (Wildman–Crippen LogP) is 0.613. The van der Waals surface area contributed by atoms with Crippen molar-refractivity contribution in [2.75, 3.05) is 6.54 Å². The molecule has 0 radical (unpaired) electrons. The van der Waals surface area contributed by atoms with Crippen molar-refractivity contribution in [1.82, 2.24) is 25.3 Å². The molecule has 0 spiro atoms. The van der Waals surface area contributed by atoms with Crippen LogP contribution >= 0.6 is 11.3 Å². The molecule has 0 bridgehead atoms. The van der Waals surface area contributed by atoms with Crippen molar-refractivity contribution in [2.45, 2.75) is 19.5 Å². The third-order valence-electron chi connectivity index (χ3n) is 2.25. The molecule has 0 amide bonds. The van der Waals surface area contributed by atoms with Crippen LogP contribution < -0.4 is 5.32 Å². The van der Waals surface area contributed by atoms with Gasteiger partial charge in [-0.1, -0.05) is 5.21 Å². The third-order valence-corrected chi connectivity index (χ3v) is 3.13. The van der Waals surface area contributed by atoms with E-state index < -0.39 is 5.97 Å². The monoisotopic (exact) mass is 267 g/mol. The molecule has 0 unspecified atom stereocenters. The van der Waals surface area contributed by atoms with Gasteiger partial charge in [-0.3, -0.25) is 4.68 Å². The fourth-order valence-corrected chi connectivity index (χ4v) is 2.08. The normalized spacial score (nSPS) is 10.7. The second kappa shape index (κ2) is 6.22. The lowest BCUT2D eigenvalue weighted by molar-refractivity contribution is 0.0696. The molecule has 0 saturated carbocycles. The van der Waals surface area contributed by atoms with Gasteiger partial charge in [-0.15, -0.1) is 16.4 Å². The highest BCUT2D eigenvalue weighted by Crippen LogP contribution is 2.09. The topological polar surface area (TPSA) is 92.9 Å². The summed E-state index contributed by atoms with van der Waals surface area (Å²) in [5.74, 6) is -0.975. The molecule has 7 nitrogen and oxygen atoms in total. The second-order valence-corrected chi connectivity index (χ2v) is 4.50. The van der Waals surface area contributed by atoms with Crippen molar-refractivity contribution in [3.63, 3.8) is 0 Å². The van der Waals surface area contributed by atoms with E-state index in [2.05, 4.69) is 20.6 Å². The first-order chi connectivity index (χ1) is 8.75. The molecule has 2 rings (SSSR count). The van der Waals surface area contributed by atoms with Gasteiger partial charge < -0.3 is 10.4 Å². The van der Waals surface area contributed by atoms with Gasteiger partial charge in [0.1, 0.15) is 0 Å². The molecule has 0 aliphatic heterocycles. The standard InChI is InChI=1S/C10H13N5O2S/c16-10(17)9-13-8(7-18-9)6-11-2-1-4-15-5-3-12-14-15/h3,5,7,11H,1-2,4,6H2,(H,16,17). The van der Waals surface area contributed by atoms with Crippen molar-refractivity contribution in [3.8, 4) is 0 Å². The minimum absolute atomic E-state index is 0.134. The number of aryl methyl sites for hydroxylation is 1. The molecule has 96 valence electrons. The van der Waals surface area contributed by atoms with Crippen LogP contribution in [0, 0.1) is 0 Å². The van der Waals surface area contributed by atoms with E-state index in [0.717, 1.165) is 36.5 Å². The number of nitrogens with zero attached hydrogens (tertiary/aromatic N) is 4. The van der Waals surface area contributed by atoms with Crippen molar-refractivity contribution >= 4 is 17.3 Å². The SMILES string of the molecule is O=C(O)c1nc(CNCCCn2ccnn2)cs1. The zero-order chi connectivity index (χ0) is 12.8. The molecular weight excluding hydrogens is 254 g/mol. The number of hydrogen-bond acceptors (Lipinski definition) is 6. The van der Waals surface area contributed by atoms with Crippen LogP contribution in [0.25, 0.3) is 0 Å². The predicted molar refractivity (Wildman–Crippen MR) is 65.4 cm³/mol. The Bertz CT molecular complexity index is 496. The number of aromatic nitrogens is 4. The molecule has 8 heteroatoms. The summed E-state index contributed by atoms with van der Waals surface area (Å²) in [4.78, 5) is 14.6. The van der Waals surface area contributed by atoms with Gasteiger partial charge >= 0.3 is 5.97 Å². The van der Waals surface area contributed by atoms with Crippen molar-refractivity contribution in [1.29, 1.82) is 0 Å². The van der Waals surface area contributed by atoms with E-state index in [1.165, 1.54) is 0 Å². The average molecular weight is 267 g/mol. The van der Waals surface area contributed by atoms with Gasteiger partial charge in [0.05, 0.1) is 11.9 Å². The Morgan fingerprint density at radius 2 is 2.44 bits per heavy atom. The number of thiazole rings is 1. The fourth-order valence-electron chi connectivity index (χ4n) is 1.42. The quantitative estimate of drug-likeness (QED) is 0.714. The highest BCUT2D eigenvalue weighted by Gasteiger charge is 2.07. The molecule has 2 aromatic rings. The smallest absolute Gasteiger partial charge is 0.365 e. The molecule has 18 heavy (non-hydrogen) atoms. The summed E-state index contributed by atoms with van der Waals surface area (Å²) in [5.41, 5.74) is 0.762. The van der Waals surface area contributed by atoms with Crippen LogP contribution in [0.2, 0.25) is 0 Å². The van der Waals surface area contributed by atoms with Gasteiger partial charge in [-0.2, -0.15) is 0 Å². The largest absolute Gasteiger partial charge is 0.476 e. The summed E-state index contributed by atoms with van der Waals surface area (Å²) >= 11 is 1.15. The Labute approximate surface area is 107 Å². The number of hydrogen-bond donors (Lipinski definition) is 2. The maximum absolute atomic E-state index is 10.6. The molecule has 2 heterocycles. The Morgan fingerprint density at radius 1 is 1.56 bits per heavy atom. The highest BCUT2D eigenvalue weighted by molar-refractivity contribution is 7.11. The number of rotatable bonds is 7. The summed E-state index contributed by atoms with van der Waals surface area (Å²) in [6.07, 6.45) is 4.40. The fraction of sp³-hybridized carbons (Fsp3) is 0.400. The number of aromatic carboxylic acids is 1. The minimum atomic E-state index is -0.975. The van der Waals surface area contributed by atoms with E-state index in [0.29, 0.717) is 6.54 Å². The Morgan fingerprint density at radius 3 is 3.11 bits per heavy atom. The van der Waals surface area contributed by atoms with Gasteiger partial charge in [0.2, 0.25) is 5.01 Å². The summed E-state index contributed by atoms with van der Waals surface area (Å²) in [6, 6.07) is 0. The van der Waals surface area contributed by atoms with Gasteiger partial charge in [-0.25, -0.2) is 9.78 Å². The summed E-state index contributed by atoms with van der Waals surface area (Å²) in [6.45, 7) is 2.21. The Balaban J connectivity index is 1.64. The first kappa shape index (κ1) is 12.7. The zero-order valence-electron chi connectivity index (χ0n) is 9.61. The number of nitrogens with one attached hydrogen (secondary N) is 1. The van der Waals surface area contributed by atoms with Crippen LogP contribution in [0.4, 0.5) is 0 Å². The number of carbonyl (C=O) groups is 1. The molecule has 0 saturated heterocycles. The minimum Gasteiger partial charge on any atom is -0.476 e. The molecule has 0 fully saturated rings. The highest BCUT2D eigenvalue weighted by atomic mass is 32.1. The van der Waals surface area contributed by atoms with Crippen LogP contribution in [0.5, 0.6) is 0 Å². The summed E-state index contributed by atoms with van der Waals surface area (Å²) in [7, 11) is 0. The summed E-state index contributed by atoms with van der Waals surface area (Å²) < 4.78 is 1.77. The molecule has 0 aliphatic rings. The lowest BCUT2D eigenvalue weighted by Crippen LogP contribution is -2.17. The second-order valence-electron chi connectivity index (χ2n) is 3.65. The van der Waals surface area contributed by atoms with Gasteiger partial charge in [0.25, 0.3) is 0 Å². The van der Waals surface area contributed by atoms with Gasteiger partial charge in [0.15, 0.2) is 0 Å². The first-order valence-corrected chi connectivity index (χ1v) is 6.36. The van der Waals surface area contributed by atoms with E-state index in [1.807, 2.05) is 6.20 Å². The molecule has 2 N–H and O–H groups in total. The van der Waals surface area contributed by atoms with Crippen LogP contribution in [0.3, 0.4) is 0 Å². The zero-order valence-corrected chi connectivity index (χ0v) is 10.4. The van der Waals surface area contributed by atoms with Crippen LogP contribution in [0.15, 0.2) is 17.8 Å². The lowest BCUT2D eigenvalue weighted by Gasteiger charge is -2.02. The maximum Gasteiger partial charge on any atom is 0.365 e. The average Bonchev–Trinajstić information content (AvgIpc) is 2.98. The van der Waals surface area contributed by atoms with Crippen molar-refractivity contribution < 1.29 is 9.90 Å². The first-order valence-electron chi connectivity index (χ1n) is 5.48. The van der Waals surface area contributed by atoms with Crippen molar-refractivity contribution in [2.24, 2.45) is 0 Å². The molecule has 2 aromatic heterocycles. The maximum atomic E-state index is 10.6. The number of carboxylic acids is 1. The number of carboxylic acid groups (broad SMARTS) is 1.